The van der Waals surface area contributed by atoms with Gasteiger partial charge in [0.2, 0.25) is 5.28 Å². The van der Waals surface area contributed by atoms with Gasteiger partial charge in [0.05, 0.1) is 17.7 Å². The third-order valence-corrected chi connectivity index (χ3v) is 3.71. The van der Waals surface area contributed by atoms with Crippen molar-refractivity contribution in [2.45, 2.75) is 0 Å². The molecular weight excluding hydrogens is 286 g/mol. The van der Waals surface area contributed by atoms with Crippen LogP contribution in [0.15, 0.2) is 48.5 Å². The van der Waals surface area contributed by atoms with Crippen molar-refractivity contribution < 1.29 is 4.74 Å². The fourth-order valence-corrected chi connectivity index (χ4v) is 2.80. The molecule has 0 spiro atoms. The van der Waals surface area contributed by atoms with Gasteiger partial charge in [-0.15, -0.1) is 0 Å². The lowest BCUT2D eigenvalue weighted by atomic mass is 10.2. The van der Waals surface area contributed by atoms with Gasteiger partial charge in [-0.3, -0.25) is 0 Å². The number of halogens is 1. The molecule has 0 saturated carbocycles. The molecule has 5 heteroatoms. The highest BCUT2D eigenvalue weighted by Crippen LogP contribution is 2.38. The molecule has 2 heterocycles. The lowest BCUT2D eigenvalue weighted by molar-refractivity contribution is 0.314. The first-order valence-electron chi connectivity index (χ1n) is 6.74. The van der Waals surface area contributed by atoms with Gasteiger partial charge in [0, 0.05) is 5.39 Å². The largest absolute Gasteiger partial charge is 0.490 e. The molecule has 0 saturated heterocycles. The van der Waals surface area contributed by atoms with E-state index in [0.29, 0.717) is 6.61 Å². The number of nitrogens with zero attached hydrogens (tertiary/aromatic N) is 3. The van der Waals surface area contributed by atoms with Crippen molar-refractivity contribution in [1.82, 2.24) is 9.97 Å². The van der Waals surface area contributed by atoms with Gasteiger partial charge in [0.25, 0.3) is 0 Å². The van der Waals surface area contributed by atoms with E-state index in [1.807, 2.05) is 48.5 Å². The number of para-hydroxylation sites is 3. The van der Waals surface area contributed by atoms with Crippen LogP contribution >= 0.6 is 11.6 Å². The topological polar surface area (TPSA) is 38.2 Å². The van der Waals surface area contributed by atoms with E-state index in [-0.39, 0.29) is 5.28 Å². The number of anilines is 2. The van der Waals surface area contributed by atoms with E-state index in [0.717, 1.165) is 34.7 Å². The number of ether oxygens (including phenoxy) is 1. The predicted octanol–water partition coefficient (Wildman–Crippen LogP) is 3.81. The Labute approximate surface area is 127 Å². The van der Waals surface area contributed by atoms with Crippen LogP contribution in [0.25, 0.3) is 10.9 Å². The molecule has 0 atom stereocenters. The molecule has 4 nitrogen and oxygen atoms in total. The van der Waals surface area contributed by atoms with E-state index in [2.05, 4.69) is 14.9 Å². The summed E-state index contributed by atoms with van der Waals surface area (Å²) in [7, 11) is 0. The van der Waals surface area contributed by atoms with Crippen LogP contribution in [0.1, 0.15) is 0 Å². The Morgan fingerprint density at radius 3 is 2.76 bits per heavy atom. The maximum atomic E-state index is 6.09. The Morgan fingerprint density at radius 2 is 1.81 bits per heavy atom. The van der Waals surface area contributed by atoms with Gasteiger partial charge in [-0.05, 0) is 35.9 Å². The quantitative estimate of drug-likeness (QED) is 0.640. The monoisotopic (exact) mass is 297 g/mol. The second-order valence-electron chi connectivity index (χ2n) is 4.80. The van der Waals surface area contributed by atoms with Gasteiger partial charge in [-0.25, -0.2) is 4.98 Å². The first-order chi connectivity index (χ1) is 10.3. The van der Waals surface area contributed by atoms with Crippen molar-refractivity contribution in [2.24, 2.45) is 0 Å². The molecule has 4 rings (SSSR count). The summed E-state index contributed by atoms with van der Waals surface area (Å²) in [5.41, 5.74) is 1.85. The second kappa shape index (κ2) is 4.90. The fourth-order valence-electron chi connectivity index (χ4n) is 2.63. The second-order valence-corrected chi connectivity index (χ2v) is 5.14. The minimum atomic E-state index is 0.257. The molecule has 1 aromatic heterocycles. The van der Waals surface area contributed by atoms with Gasteiger partial charge < -0.3 is 9.64 Å². The van der Waals surface area contributed by atoms with Crippen LogP contribution in [0.5, 0.6) is 5.75 Å². The van der Waals surface area contributed by atoms with Gasteiger partial charge in [-0.2, -0.15) is 4.98 Å². The molecule has 0 aliphatic carbocycles. The number of fused-ring (bicyclic) bond motifs is 2. The number of benzene rings is 2. The van der Waals surface area contributed by atoms with E-state index in [1.54, 1.807) is 0 Å². The zero-order chi connectivity index (χ0) is 14.2. The van der Waals surface area contributed by atoms with Gasteiger partial charge in [-0.1, -0.05) is 24.3 Å². The molecule has 2 aromatic carbocycles. The normalized spacial score (nSPS) is 13.9. The molecule has 0 amide bonds. The van der Waals surface area contributed by atoms with Crippen LogP contribution < -0.4 is 9.64 Å². The molecule has 0 radical (unpaired) electrons. The molecule has 0 fully saturated rings. The predicted molar refractivity (Wildman–Crippen MR) is 83.5 cm³/mol. The Balaban J connectivity index is 1.96. The molecule has 1 aliphatic rings. The number of aromatic nitrogens is 2. The van der Waals surface area contributed by atoms with Crippen molar-refractivity contribution >= 4 is 34.0 Å². The summed E-state index contributed by atoms with van der Waals surface area (Å²) in [6.07, 6.45) is 0. The summed E-state index contributed by atoms with van der Waals surface area (Å²) in [5, 5.41) is 1.24. The average molecular weight is 298 g/mol. The lowest BCUT2D eigenvalue weighted by Gasteiger charge is -2.30. The first kappa shape index (κ1) is 12.4. The standard InChI is InChI=1S/C16H12ClN3O/c17-16-18-12-6-2-1-5-11(12)15(19-16)20-9-10-21-14-8-4-3-7-13(14)20/h1-8H,9-10H2. The third-order valence-electron chi connectivity index (χ3n) is 3.54. The molecule has 104 valence electrons. The zero-order valence-electron chi connectivity index (χ0n) is 11.2. The highest BCUT2D eigenvalue weighted by atomic mass is 35.5. The Hall–Kier alpha value is -2.33. The minimum absolute atomic E-state index is 0.257. The summed E-state index contributed by atoms with van der Waals surface area (Å²) < 4.78 is 5.70. The van der Waals surface area contributed by atoms with E-state index in [9.17, 15) is 0 Å². The van der Waals surface area contributed by atoms with Gasteiger partial charge in [0.1, 0.15) is 18.2 Å². The van der Waals surface area contributed by atoms with Crippen LogP contribution in [0.3, 0.4) is 0 Å². The van der Waals surface area contributed by atoms with Crippen molar-refractivity contribution in [3.63, 3.8) is 0 Å². The van der Waals surface area contributed by atoms with Crippen LogP contribution in [-0.2, 0) is 0 Å². The highest BCUT2D eigenvalue weighted by molar-refractivity contribution is 6.28. The minimum Gasteiger partial charge on any atom is -0.490 e. The SMILES string of the molecule is Clc1nc(N2CCOc3ccccc32)c2ccccc2n1. The Bertz CT molecular complexity index is 821. The molecule has 0 unspecified atom stereocenters. The van der Waals surface area contributed by atoms with Gasteiger partial charge in [0.15, 0.2) is 0 Å². The maximum Gasteiger partial charge on any atom is 0.224 e. The van der Waals surface area contributed by atoms with Crippen LogP contribution in [0, 0.1) is 0 Å². The summed E-state index contributed by atoms with van der Waals surface area (Å²) >= 11 is 6.09. The van der Waals surface area contributed by atoms with E-state index >= 15 is 0 Å². The number of hydrogen-bond acceptors (Lipinski definition) is 4. The molecular formula is C16H12ClN3O. The summed E-state index contributed by atoms with van der Waals surface area (Å²) in [4.78, 5) is 10.9. The number of hydrogen-bond donors (Lipinski definition) is 0. The Kier molecular flexibility index (Phi) is 2.89. The molecule has 3 aromatic rings. The smallest absolute Gasteiger partial charge is 0.224 e. The van der Waals surface area contributed by atoms with E-state index in [4.69, 9.17) is 16.3 Å². The zero-order valence-corrected chi connectivity index (χ0v) is 11.9. The summed E-state index contributed by atoms with van der Waals surface area (Å²) in [5.74, 6) is 1.68. The van der Waals surface area contributed by atoms with Crippen molar-refractivity contribution in [2.75, 3.05) is 18.1 Å². The fraction of sp³-hybridized carbons (Fsp3) is 0.125. The van der Waals surface area contributed by atoms with Crippen molar-refractivity contribution in [3.8, 4) is 5.75 Å². The Morgan fingerprint density at radius 1 is 1.00 bits per heavy atom. The van der Waals surface area contributed by atoms with Crippen LogP contribution in [0.4, 0.5) is 11.5 Å². The maximum absolute atomic E-state index is 6.09. The van der Waals surface area contributed by atoms with Crippen LogP contribution in [0.2, 0.25) is 5.28 Å². The highest BCUT2D eigenvalue weighted by Gasteiger charge is 2.22. The lowest BCUT2D eigenvalue weighted by Crippen LogP contribution is -2.29. The molecule has 0 N–H and O–H groups in total. The molecule has 21 heavy (non-hydrogen) atoms. The average Bonchev–Trinajstić information content (AvgIpc) is 2.53. The van der Waals surface area contributed by atoms with Crippen molar-refractivity contribution in [1.29, 1.82) is 0 Å². The van der Waals surface area contributed by atoms with E-state index < -0.39 is 0 Å². The third kappa shape index (κ3) is 2.08. The van der Waals surface area contributed by atoms with Gasteiger partial charge >= 0.3 is 0 Å². The summed E-state index contributed by atoms with van der Waals surface area (Å²) in [6, 6.07) is 15.8. The molecule has 0 bridgehead atoms. The number of rotatable bonds is 1. The van der Waals surface area contributed by atoms with Crippen LogP contribution in [-0.4, -0.2) is 23.1 Å². The molecule has 1 aliphatic heterocycles. The van der Waals surface area contributed by atoms with Crippen molar-refractivity contribution in [3.05, 3.63) is 53.8 Å². The first-order valence-corrected chi connectivity index (χ1v) is 7.12. The van der Waals surface area contributed by atoms with E-state index in [1.165, 1.54) is 0 Å². The summed E-state index contributed by atoms with van der Waals surface area (Å²) in [6.45, 7) is 1.35.